The topological polar surface area (TPSA) is 35.5 Å². The third-order valence-corrected chi connectivity index (χ3v) is 2.99. The number of halogens is 2. The second-order valence-electron chi connectivity index (χ2n) is 3.20. The van der Waals surface area contributed by atoms with E-state index in [1.54, 1.807) is 0 Å². The van der Waals surface area contributed by atoms with Crippen molar-refractivity contribution in [3.8, 4) is 11.5 Å². The molecule has 3 nitrogen and oxygen atoms in total. The predicted octanol–water partition coefficient (Wildman–Crippen LogP) is 3.73. The van der Waals surface area contributed by atoms with Gasteiger partial charge in [0.15, 0.2) is 17.3 Å². The summed E-state index contributed by atoms with van der Waals surface area (Å²) in [4.78, 5) is 12.0. The maximum absolute atomic E-state index is 12.0. The van der Waals surface area contributed by atoms with Gasteiger partial charge in [-0.1, -0.05) is 23.2 Å². The highest BCUT2D eigenvalue weighted by Crippen LogP contribution is 2.41. The molecule has 0 aromatic heterocycles. The van der Waals surface area contributed by atoms with Gasteiger partial charge in [0.1, 0.15) is 5.56 Å². The van der Waals surface area contributed by atoms with E-state index < -0.39 is 0 Å². The lowest BCUT2D eigenvalue weighted by molar-refractivity contribution is 0.0983. The van der Waals surface area contributed by atoms with Gasteiger partial charge in [-0.15, -0.1) is 0 Å². The summed E-state index contributed by atoms with van der Waals surface area (Å²) in [5.41, 5.74) is 0.283. The first kappa shape index (κ1) is 14.6. The fraction of sp³-hybridized carbons (Fsp3) is 0.364. The number of ether oxygens (including phenoxy) is 2. The summed E-state index contributed by atoms with van der Waals surface area (Å²) in [6.45, 7) is 0. The van der Waals surface area contributed by atoms with E-state index >= 15 is 0 Å². The van der Waals surface area contributed by atoms with Crippen molar-refractivity contribution in [3.05, 3.63) is 21.7 Å². The largest absolute Gasteiger partial charge is 0.558 e. The molecule has 0 bridgehead atoms. The molecule has 0 heterocycles. The maximum Gasteiger partial charge on any atom is 0.168 e. The molecule has 0 aliphatic carbocycles. The molecule has 0 spiro atoms. The lowest BCUT2D eigenvalue weighted by atomic mass is 10.1. The van der Waals surface area contributed by atoms with E-state index in [4.69, 9.17) is 32.7 Å². The van der Waals surface area contributed by atoms with E-state index in [1.807, 2.05) is 0 Å². The predicted molar refractivity (Wildman–Crippen MR) is 71.7 cm³/mol. The van der Waals surface area contributed by atoms with Gasteiger partial charge in [0.05, 0.1) is 24.3 Å². The average Bonchev–Trinajstić information content (AvgIpc) is 2.28. The number of methoxy groups -OCH3 is 2. The second-order valence-corrected chi connectivity index (χ2v) is 4.52. The van der Waals surface area contributed by atoms with Crippen molar-refractivity contribution in [1.29, 1.82) is 0 Å². The van der Waals surface area contributed by atoms with Crippen molar-refractivity contribution in [3.63, 3.8) is 0 Å². The summed E-state index contributed by atoms with van der Waals surface area (Å²) in [6, 6.07) is 1.49. The van der Waals surface area contributed by atoms with Gasteiger partial charge in [0.2, 0.25) is 0 Å². The fourth-order valence-corrected chi connectivity index (χ4v) is 2.32. The average molecular weight is 294 g/mol. The van der Waals surface area contributed by atoms with E-state index in [2.05, 4.69) is 9.24 Å². The van der Waals surface area contributed by atoms with Gasteiger partial charge in [-0.05, 0) is 12.5 Å². The molecular formula is C11H12Cl2O3P-. The van der Waals surface area contributed by atoms with Crippen LogP contribution in [-0.2, 0) is 0 Å². The molecule has 1 aromatic carbocycles. The molecule has 0 saturated heterocycles. The Balaban J connectivity index is 3.45. The van der Waals surface area contributed by atoms with Crippen LogP contribution in [-0.4, -0.2) is 26.2 Å². The minimum absolute atomic E-state index is 0.141. The van der Waals surface area contributed by atoms with E-state index in [0.29, 0.717) is 12.6 Å². The highest BCUT2D eigenvalue weighted by atomic mass is 35.5. The number of benzene rings is 1. The zero-order chi connectivity index (χ0) is 13.0. The lowest BCUT2D eigenvalue weighted by Crippen LogP contribution is -2.06. The van der Waals surface area contributed by atoms with Crippen molar-refractivity contribution in [1.82, 2.24) is 0 Å². The number of carbonyl (C=O) groups excluding carboxylic acids is 1. The minimum Gasteiger partial charge on any atom is -0.558 e. The summed E-state index contributed by atoms with van der Waals surface area (Å²) >= 11 is 12.0. The summed E-state index contributed by atoms with van der Waals surface area (Å²) < 4.78 is 10.3. The van der Waals surface area contributed by atoms with Crippen LogP contribution in [0.3, 0.4) is 0 Å². The molecule has 0 atom stereocenters. The van der Waals surface area contributed by atoms with Gasteiger partial charge in [-0.25, -0.2) is 0 Å². The first-order chi connectivity index (χ1) is 8.06. The van der Waals surface area contributed by atoms with E-state index in [1.165, 1.54) is 20.3 Å². The fourth-order valence-electron chi connectivity index (χ4n) is 1.48. The quantitative estimate of drug-likeness (QED) is 0.613. The van der Waals surface area contributed by atoms with E-state index in [-0.39, 0.29) is 32.9 Å². The Labute approximate surface area is 113 Å². The van der Waals surface area contributed by atoms with Gasteiger partial charge >= 0.3 is 0 Å². The molecule has 1 aromatic rings. The molecule has 0 saturated carbocycles. The highest BCUT2D eigenvalue weighted by molar-refractivity contribution is 7.16. The number of Topliss-reactive ketones (excluding diaryl/α,β-unsaturated/α-hetero) is 1. The Kier molecular flexibility index (Phi) is 5.51. The molecule has 0 amide bonds. The van der Waals surface area contributed by atoms with Crippen LogP contribution in [0.15, 0.2) is 6.07 Å². The number of ketones is 1. The number of hydrogen-bond donors (Lipinski definition) is 0. The zero-order valence-corrected chi connectivity index (χ0v) is 12.0. The standard InChI is InChI=1S/C11H12Cl2O3P/c1-15-10-6(12)5-7(13)11(16-2)9(10)8(14)3-4-17/h5,17H,3-4H2,1-2H3/q-1. The first-order valence-corrected chi connectivity index (χ1v) is 6.30. The SMILES string of the molecule is COc1c(Cl)cc(Cl)c(OC)c1C(=O)CC[PH-]. The summed E-state index contributed by atoms with van der Waals surface area (Å²) in [7, 11) is 6.14. The van der Waals surface area contributed by atoms with Gasteiger partial charge in [-0.3, -0.25) is 4.79 Å². The normalized spacial score (nSPS) is 10.2. The van der Waals surface area contributed by atoms with E-state index in [9.17, 15) is 4.79 Å². The van der Waals surface area contributed by atoms with Crippen LogP contribution < -0.4 is 9.47 Å². The Bertz CT molecular complexity index is 407. The van der Waals surface area contributed by atoms with Gasteiger partial charge in [0.25, 0.3) is 0 Å². The Hall–Kier alpha value is -0.500. The Morgan fingerprint density at radius 2 is 1.71 bits per heavy atom. The maximum atomic E-state index is 12.0. The molecule has 17 heavy (non-hydrogen) atoms. The van der Waals surface area contributed by atoms with Crippen LogP contribution in [0.5, 0.6) is 11.5 Å². The summed E-state index contributed by atoms with van der Waals surface area (Å²) in [5.74, 6) is 0.439. The Morgan fingerprint density at radius 3 is 2.06 bits per heavy atom. The van der Waals surface area contributed by atoms with Crippen molar-refractivity contribution in [2.75, 3.05) is 20.4 Å². The molecule has 0 aliphatic rings. The Morgan fingerprint density at radius 1 is 1.24 bits per heavy atom. The van der Waals surface area contributed by atoms with Crippen LogP contribution in [0.4, 0.5) is 0 Å². The van der Waals surface area contributed by atoms with Gasteiger partial charge < -0.3 is 18.7 Å². The highest BCUT2D eigenvalue weighted by Gasteiger charge is 2.22. The number of rotatable bonds is 5. The molecule has 0 N–H and O–H groups in total. The van der Waals surface area contributed by atoms with Gasteiger partial charge in [-0.2, -0.15) is 6.16 Å². The van der Waals surface area contributed by atoms with Crippen molar-refractivity contribution >= 4 is 38.2 Å². The van der Waals surface area contributed by atoms with Crippen LogP contribution in [0, 0.1) is 0 Å². The van der Waals surface area contributed by atoms with E-state index in [0.717, 1.165) is 0 Å². The van der Waals surface area contributed by atoms with Crippen LogP contribution >= 0.6 is 32.4 Å². The molecule has 0 unspecified atom stereocenters. The monoisotopic (exact) mass is 293 g/mol. The van der Waals surface area contributed by atoms with Crippen LogP contribution in [0.25, 0.3) is 0 Å². The third kappa shape index (κ3) is 3.04. The molecule has 6 heteroatoms. The first-order valence-electron chi connectivity index (χ1n) is 4.84. The number of carbonyl (C=O) groups is 1. The summed E-state index contributed by atoms with van der Waals surface area (Å²) in [6.07, 6.45) is 0.843. The summed E-state index contributed by atoms with van der Waals surface area (Å²) in [5, 5.41) is 0.575. The molecule has 0 fully saturated rings. The van der Waals surface area contributed by atoms with Crippen LogP contribution in [0.1, 0.15) is 16.8 Å². The van der Waals surface area contributed by atoms with Crippen molar-refractivity contribution in [2.45, 2.75) is 6.42 Å². The second kappa shape index (κ2) is 6.44. The third-order valence-electron chi connectivity index (χ3n) is 2.18. The van der Waals surface area contributed by atoms with Crippen LogP contribution in [0.2, 0.25) is 10.0 Å². The smallest absolute Gasteiger partial charge is 0.168 e. The molecule has 1 rings (SSSR count). The zero-order valence-electron chi connectivity index (χ0n) is 9.47. The molecular weight excluding hydrogens is 282 g/mol. The van der Waals surface area contributed by atoms with Gasteiger partial charge in [0, 0.05) is 0 Å². The minimum atomic E-state index is -0.141. The molecule has 0 aliphatic heterocycles. The molecule has 0 radical (unpaired) electrons. The van der Waals surface area contributed by atoms with Crippen molar-refractivity contribution < 1.29 is 14.3 Å². The number of hydrogen-bond acceptors (Lipinski definition) is 3. The molecule has 94 valence electrons. The lowest BCUT2D eigenvalue weighted by Gasteiger charge is -2.15. The van der Waals surface area contributed by atoms with Crippen molar-refractivity contribution in [2.24, 2.45) is 0 Å².